The number of nitrogens with one attached hydrogen (secondary N) is 1. The molecule has 3 fully saturated rings. The van der Waals surface area contributed by atoms with Crippen molar-refractivity contribution in [2.24, 2.45) is 0 Å². The molecule has 3 aliphatic heterocycles. The van der Waals surface area contributed by atoms with Crippen molar-refractivity contribution in [3.05, 3.63) is 77.9 Å². The van der Waals surface area contributed by atoms with Gasteiger partial charge in [-0.1, -0.05) is 30.3 Å². The second-order valence-corrected chi connectivity index (χ2v) is 9.78. The number of carbonyl (C=O) groups is 1. The Morgan fingerprint density at radius 2 is 1.79 bits per heavy atom. The van der Waals surface area contributed by atoms with E-state index in [-0.39, 0.29) is 11.9 Å². The fourth-order valence-corrected chi connectivity index (χ4v) is 5.98. The van der Waals surface area contributed by atoms with Gasteiger partial charge >= 0.3 is 0 Å². The van der Waals surface area contributed by atoms with Crippen LogP contribution in [-0.4, -0.2) is 72.6 Å². The maximum absolute atomic E-state index is 12.8. The number of hydrogen-bond donors (Lipinski definition) is 1. The van der Waals surface area contributed by atoms with Gasteiger partial charge in [-0.25, -0.2) is 5.01 Å². The number of amides is 1. The molecule has 0 saturated carbocycles. The van der Waals surface area contributed by atoms with Gasteiger partial charge in [-0.2, -0.15) is 0 Å². The predicted molar refractivity (Wildman–Crippen MR) is 135 cm³/mol. The maximum atomic E-state index is 12.8. The minimum absolute atomic E-state index is 0.0236. The van der Waals surface area contributed by atoms with Crippen LogP contribution in [0.1, 0.15) is 53.2 Å². The smallest absolute Gasteiger partial charge is 0.265 e. The van der Waals surface area contributed by atoms with Crippen molar-refractivity contribution in [3.8, 4) is 5.75 Å². The zero-order valence-corrected chi connectivity index (χ0v) is 20.2. The molecule has 0 aliphatic carbocycles. The molecule has 34 heavy (non-hydrogen) atoms. The second kappa shape index (κ2) is 10.3. The van der Waals surface area contributed by atoms with Gasteiger partial charge < -0.3 is 4.74 Å². The second-order valence-electron chi connectivity index (χ2n) is 9.78. The van der Waals surface area contributed by atoms with Crippen molar-refractivity contribution in [1.29, 1.82) is 0 Å². The van der Waals surface area contributed by atoms with Gasteiger partial charge in [0.1, 0.15) is 5.75 Å². The highest BCUT2D eigenvalue weighted by atomic mass is 16.5. The molecular formula is C28H36N4O2. The molecule has 3 saturated heterocycles. The van der Waals surface area contributed by atoms with Crippen LogP contribution in [0.25, 0.3) is 0 Å². The lowest BCUT2D eigenvalue weighted by molar-refractivity contribution is 0.0499. The van der Waals surface area contributed by atoms with Crippen molar-refractivity contribution >= 4 is 5.91 Å². The Morgan fingerprint density at radius 3 is 2.44 bits per heavy atom. The number of benzene rings is 2. The van der Waals surface area contributed by atoms with Crippen LogP contribution < -0.4 is 10.2 Å². The number of piperazine rings is 1. The average Bonchev–Trinajstić information content (AvgIpc) is 3.45. The molecule has 3 aliphatic rings. The first kappa shape index (κ1) is 23.1. The monoisotopic (exact) mass is 460 g/mol. The fourth-order valence-electron chi connectivity index (χ4n) is 5.98. The third-order valence-electron chi connectivity index (χ3n) is 7.56. The molecule has 2 aromatic carbocycles. The summed E-state index contributed by atoms with van der Waals surface area (Å²) >= 11 is 0. The topological polar surface area (TPSA) is 48.0 Å². The molecule has 0 radical (unpaired) electrons. The lowest BCUT2D eigenvalue weighted by atomic mass is 9.93. The SMILES string of the molecule is C=CCN1CC2CCC(C1)N2C(c1ccc(C(=O)NN2CCCC2)cc1)c1cccc(OC)c1. The van der Waals surface area contributed by atoms with Crippen LogP contribution in [-0.2, 0) is 0 Å². The summed E-state index contributed by atoms with van der Waals surface area (Å²) in [5, 5.41) is 2.02. The molecule has 2 aromatic rings. The largest absolute Gasteiger partial charge is 0.497 e. The number of likely N-dealkylation sites (tertiary alicyclic amines) is 1. The number of rotatable bonds is 8. The highest BCUT2D eigenvalue weighted by Crippen LogP contribution is 2.41. The van der Waals surface area contributed by atoms with Gasteiger partial charge in [-0.15, -0.1) is 6.58 Å². The molecule has 6 nitrogen and oxygen atoms in total. The first-order chi connectivity index (χ1) is 16.7. The summed E-state index contributed by atoms with van der Waals surface area (Å²) < 4.78 is 5.56. The van der Waals surface area contributed by atoms with Gasteiger partial charge in [0.15, 0.2) is 0 Å². The van der Waals surface area contributed by atoms with E-state index >= 15 is 0 Å². The summed E-state index contributed by atoms with van der Waals surface area (Å²) in [6, 6.07) is 17.8. The first-order valence-electron chi connectivity index (χ1n) is 12.6. The number of hydrazine groups is 1. The van der Waals surface area contributed by atoms with Gasteiger partial charge in [-0.05, 0) is 61.1 Å². The number of carbonyl (C=O) groups excluding carboxylic acids is 1. The zero-order chi connectivity index (χ0) is 23.5. The van der Waals surface area contributed by atoms with Crippen LogP contribution in [0.5, 0.6) is 5.75 Å². The van der Waals surface area contributed by atoms with E-state index in [1.54, 1.807) is 7.11 Å². The van der Waals surface area contributed by atoms with E-state index in [0.717, 1.165) is 51.3 Å². The van der Waals surface area contributed by atoms with Crippen LogP contribution in [0.3, 0.4) is 0 Å². The number of fused-ring (bicyclic) bond motifs is 2. The molecule has 5 rings (SSSR count). The Bertz CT molecular complexity index is 988. The summed E-state index contributed by atoms with van der Waals surface area (Å²) in [6.45, 7) is 8.90. The molecule has 2 bridgehead atoms. The standard InChI is InChI=1S/C28H36N4O2/c1-3-15-30-19-24-13-14-25(20-30)32(24)27(23-7-6-8-26(18-23)34-2)21-9-11-22(12-10-21)28(33)29-31-16-4-5-17-31/h3,6-12,18,24-25,27H,1,4-5,13-17,19-20H2,2H3,(H,29,33). The van der Waals surface area contributed by atoms with Gasteiger partial charge in [-0.3, -0.25) is 20.0 Å². The van der Waals surface area contributed by atoms with Crippen LogP contribution in [0.15, 0.2) is 61.2 Å². The quantitative estimate of drug-likeness (QED) is 0.607. The molecule has 3 heterocycles. The van der Waals surface area contributed by atoms with E-state index in [1.165, 1.54) is 24.0 Å². The Balaban J connectivity index is 1.43. The Labute approximate surface area is 203 Å². The normalized spacial score (nSPS) is 24.1. The number of ether oxygens (including phenoxy) is 1. The van der Waals surface area contributed by atoms with Crippen molar-refractivity contribution in [2.45, 2.75) is 43.8 Å². The number of methoxy groups -OCH3 is 1. The van der Waals surface area contributed by atoms with E-state index in [4.69, 9.17) is 4.74 Å². The van der Waals surface area contributed by atoms with Crippen LogP contribution in [0, 0.1) is 0 Å². The van der Waals surface area contributed by atoms with Crippen molar-refractivity contribution < 1.29 is 9.53 Å². The maximum Gasteiger partial charge on any atom is 0.265 e. The lowest BCUT2D eigenvalue weighted by Crippen LogP contribution is -2.54. The Kier molecular flexibility index (Phi) is 6.99. The molecule has 6 heteroatoms. The number of hydrogen-bond acceptors (Lipinski definition) is 5. The summed E-state index contributed by atoms with van der Waals surface area (Å²) in [5.74, 6) is 0.853. The van der Waals surface area contributed by atoms with Crippen LogP contribution in [0.2, 0.25) is 0 Å². The van der Waals surface area contributed by atoms with Crippen LogP contribution in [0.4, 0.5) is 0 Å². The van der Waals surface area contributed by atoms with E-state index in [2.05, 4.69) is 52.1 Å². The summed E-state index contributed by atoms with van der Waals surface area (Å²) in [7, 11) is 1.72. The Morgan fingerprint density at radius 1 is 1.09 bits per heavy atom. The third kappa shape index (κ3) is 4.76. The fraction of sp³-hybridized carbons (Fsp3) is 0.464. The molecule has 3 unspecified atom stereocenters. The molecule has 1 N–H and O–H groups in total. The van der Waals surface area contributed by atoms with Gasteiger partial charge in [0.2, 0.25) is 0 Å². The highest BCUT2D eigenvalue weighted by Gasteiger charge is 2.44. The summed E-state index contributed by atoms with van der Waals surface area (Å²) in [5.41, 5.74) is 6.22. The first-order valence-corrected chi connectivity index (χ1v) is 12.6. The molecule has 180 valence electrons. The Hall–Kier alpha value is -2.67. The van der Waals surface area contributed by atoms with E-state index in [1.807, 2.05) is 29.3 Å². The minimum atomic E-state index is -0.0236. The van der Waals surface area contributed by atoms with Crippen molar-refractivity contribution in [3.63, 3.8) is 0 Å². The predicted octanol–water partition coefficient (Wildman–Crippen LogP) is 3.86. The van der Waals surface area contributed by atoms with Crippen LogP contribution >= 0.6 is 0 Å². The summed E-state index contributed by atoms with van der Waals surface area (Å²) in [6.07, 6.45) is 6.73. The molecule has 0 aromatic heterocycles. The molecular weight excluding hydrogens is 424 g/mol. The van der Waals surface area contributed by atoms with E-state index < -0.39 is 0 Å². The lowest BCUT2D eigenvalue weighted by Gasteiger charge is -2.45. The molecule has 1 amide bonds. The number of nitrogens with zero attached hydrogens (tertiary/aromatic N) is 3. The van der Waals surface area contributed by atoms with Crippen molar-refractivity contribution in [1.82, 2.24) is 20.2 Å². The highest BCUT2D eigenvalue weighted by molar-refractivity contribution is 5.93. The third-order valence-corrected chi connectivity index (χ3v) is 7.56. The average molecular weight is 461 g/mol. The van der Waals surface area contributed by atoms with Gasteiger partial charge in [0.05, 0.1) is 13.2 Å². The minimum Gasteiger partial charge on any atom is -0.497 e. The van der Waals surface area contributed by atoms with E-state index in [0.29, 0.717) is 17.6 Å². The summed E-state index contributed by atoms with van der Waals surface area (Å²) in [4.78, 5) is 18.0. The molecule has 0 spiro atoms. The van der Waals surface area contributed by atoms with Crippen molar-refractivity contribution in [2.75, 3.05) is 39.8 Å². The van der Waals surface area contributed by atoms with Gasteiger partial charge in [0.25, 0.3) is 5.91 Å². The van der Waals surface area contributed by atoms with E-state index in [9.17, 15) is 4.79 Å². The molecule has 3 atom stereocenters. The zero-order valence-electron chi connectivity index (χ0n) is 20.2. The van der Waals surface area contributed by atoms with Gasteiger partial charge in [0, 0.05) is 50.4 Å².